The van der Waals surface area contributed by atoms with E-state index in [1.165, 1.54) is 24.3 Å². The molecule has 3 heterocycles. The summed E-state index contributed by atoms with van der Waals surface area (Å²) in [6, 6.07) is 24.1. The smallest absolute Gasteiger partial charge is 0.336 e. The number of carbonyl (C=O) groups excluding carboxylic acids is 1. The minimum atomic E-state index is -1.10. The van der Waals surface area contributed by atoms with E-state index in [-0.39, 0.29) is 11.3 Å². The van der Waals surface area contributed by atoms with Crippen LogP contribution in [-0.2, 0) is 0 Å². The van der Waals surface area contributed by atoms with E-state index in [0.717, 1.165) is 15.9 Å². The summed E-state index contributed by atoms with van der Waals surface area (Å²) in [6.45, 7) is 3.24. The minimum absolute atomic E-state index is 0.0648. The van der Waals surface area contributed by atoms with E-state index in [9.17, 15) is 14.7 Å². The minimum Gasteiger partial charge on any atom is -0.478 e. The molecule has 0 fully saturated rings. The van der Waals surface area contributed by atoms with Crippen LogP contribution in [0.2, 0.25) is 0 Å². The van der Waals surface area contributed by atoms with Crippen molar-refractivity contribution in [2.24, 2.45) is 0 Å². The summed E-state index contributed by atoms with van der Waals surface area (Å²) in [5, 5.41) is 18.8. The van der Waals surface area contributed by atoms with Crippen molar-refractivity contribution in [3.05, 3.63) is 95.7 Å². The molecule has 6 aromatic rings. The Hall–Kier alpha value is -4.89. The van der Waals surface area contributed by atoms with Gasteiger partial charge < -0.3 is 10.4 Å². The molecule has 3 aromatic carbocycles. The normalized spacial score (nSPS) is 11.2. The maximum absolute atomic E-state index is 12.9. The lowest BCUT2D eigenvalue weighted by atomic mass is 9.97. The summed E-state index contributed by atoms with van der Waals surface area (Å²) >= 11 is 1.52. The number of nitrogens with one attached hydrogen (secondary N) is 1. The van der Waals surface area contributed by atoms with Gasteiger partial charge >= 0.3 is 5.97 Å². The first kappa shape index (κ1) is 23.5. The zero-order valence-electron chi connectivity index (χ0n) is 20.5. The largest absolute Gasteiger partial charge is 0.478 e. The number of anilines is 2. The van der Waals surface area contributed by atoms with E-state index in [1.807, 2.05) is 54.6 Å². The van der Waals surface area contributed by atoms with Gasteiger partial charge in [0, 0.05) is 11.3 Å². The molecule has 0 radical (unpaired) electrons. The first-order valence-corrected chi connectivity index (χ1v) is 12.7. The quantitative estimate of drug-likeness (QED) is 0.238. The third-order valence-corrected chi connectivity index (χ3v) is 7.36. The van der Waals surface area contributed by atoms with E-state index in [1.54, 1.807) is 29.6 Å². The summed E-state index contributed by atoms with van der Waals surface area (Å²) in [6.07, 6.45) is 0. The van der Waals surface area contributed by atoms with Gasteiger partial charge in [-0.2, -0.15) is 0 Å². The standard InChI is InChI=1S/C29H21N5O3S/c1-16-23(17(2)35)25(19-12-6-7-13-20(19)29(36)37)32-27-24(28-31-21-14-8-9-15-22(21)38-28)26(33-34(16)27)30-18-10-4-3-5-11-18/h3-15H,1-2H3,(H,30,33)(H,36,37). The molecule has 186 valence electrons. The van der Waals surface area contributed by atoms with Crippen LogP contribution in [0.3, 0.4) is 0 Å². The molecule has 0 saturated carbocycles. The molecule has 2 N–H and O–H groups in total. The summed E-state index contributed by atoms with van der Waals surface area (Å²) in [4.78, 5) is 34.8. The SMILES string of the molecule is CC(=O)c1c(-c2ccccc2C(=O)O)nc2c(-c3nc4ccccc4s3)c(Nc3ccccc3)nn2c1C. The van der Waals surface area contributed by atoms with Gasteiger partial charge in [-0.1, -0.05) is 48.5 Å². The average Bonchev–Trinajstić information content (AvgIpc) is 3.50. The van der Waals surface area contributed by atoms with Crippen molar-refractivity contribution in [3.8, 4) is 21.8 Å². The third-order valence-electron chi connectivity index (χ3n) is 6.30. The highest BCUT2D eigenvalue weighted by atomic mass is 32.1. The van der Waals surface area contributed by atoms with Gasteiger partial charge in [0.2, 0.25) is 0 Å². The lowest BCUT2D eigenvalue weighted by molar-refractivity contribution is 0.0697. The van der Waals surface area contributed by atoms with Crippen LogP contribution in [0.4, 0.5) is 11.5 Å². The van der Waals surface area contributed by atoms with Crippen LogP contribution in [0.25, 0.3) is 37.7 Å². The number of aryl methyl sites for hydroxylation is 1. The lowest BCUT2D eigenvalue weighted by Crippen LogP contribution is -2.11. The molecule has 0 unspecified atom stereocenters. The molecule has 8 nitrogen and oxygen atoms in total. The van der Waals surface area contributed by atoms with E-state index < -0.39 is 5.97 Å². The molecule has 0 atom stereocenters. The second-order valence-electron chi connectivity index (χ2n) is 8.76. The fraction of sp³-hybridized carbons (Fsp3) is 0.0690. The highest BCUT2D eigenvalue weighted by molar-refractivity contribution is 7.21. The highest BCUT2D eigenvalue weighted by Gasteiger charge is 2.27. The zero-order chi connectivity index (χ0) is 26.4. The van der Waals surface area contributed by atoms with Gasteiger partial charge in [0.1, 0.15) is 5.01 Å². The number of aromatic nitrogens is 4. The summed E-state index contributed by atoms with van der Waals surface area (Å²) < 4.78 is 2.65. The Bertz CT molecular complexity index is 1840. The lowest BCUT2D eigenvalue weighted by Gasteiger charge is -2.13. The number of hydrogen-bond donors (Lipinski definition) is 2. The van der Waals surface area contributed by atoms with Gasteiger partial charge in [-0.15, -0.1) is 16.4 Å². The van der Waals surface area contributed by atoms with Gasteiger partial charge in [0.05, 0.1) is 38.3 Å². The van der Waals surface area contributed by atoms with Crippen LogP contribution in [0.1, 0.15) is 33.3 Å². The van der Waals surface area contributed by atoms with Crippen LogP contribution >= 0.6 is 11.3 Å². The predicted octanol–water partition coefficient (Wildman–Crippen LogP) is 6.63. The third kappa shape index (κ3) is 3.89. The van der Waals surface area contributed by atoms with E-state index >= 15 is 0 Å². The number of benzene rings is 3. The Morgan fingerprint density at radius 1 is 0.921 bits per heavy atom. The summed E-state index contributed by atoms with van der Waals surface area (Å²) in [7, 11) is 0. The molecule has 0 amide bonds. The molecular formula is C29H21N5O3S. The monoisotopic (exact) mass is 519 g/mol. The molecule has 0 aliphatic carbocycles. The Balaban J connectivity index is 1.70. The van der Waals surface area contributed by atoms with Crippen LogP contribution in [0.15, 0.2) is 78.9 Å². The van der Waals surface area contributed by atoms with Crippen molar-refractivity contribution in [2.45, 2.75) is 13.8 Å². The fourth-order valence-corrected chi connectivity index (χ4v) is 5.61. The van der Waals surface area contributed by atoms with Gasteiger partial charge in [-0.25, -0.2) is 19.3 Å². The van der Waals surface area contributed by atoms with Crippen molar-refractivity contribution in [1.29, 1.82) is 0 Å². The second kappa shape index (κ2) is 9.20. The maximum atomic E-state index is 12.9. The number of ketones is 1. The number of Topliss-reactive ketones (excluding diaryl/α,β-unsaturated/α-hetero) is 1. The Kier molecular flexibility index (Phi) is 5.69. The maximum Gasteiger partial charge on any atom is 0.336 e. The molecule has 0 spiro atoms. The highest BCUT2D eigenvalue weighted by Crippen LogP contribution is 2.40. The number of aromatic carboxylic acids is 1. The Labute approximate surface area is 221 Å². The van der Waals surface area contributed by atoms with Crippen molar-refractivity contribution in [3.63, 3.8) is 0 Å². The average molecular weight is 520 g/mol. The molecule has 6 rings (SSSR count). The predicted molar refractivity (Wildman–Crippen MR) is 148 cm³/mol. The van der Waals surface area contributed by atoms with Gasteiger partial charge in [-0.3, -0.25) is 4.79 Å². The van der Waals surface area contributed by atoms with Crippen molar-refractivity contribution in [1.82, 2.24) is 19.6 Å². The Morgan fingerprint density at radius 3 is 2.37 bits per heavy atom. The van der Waals surface area contributed by atoms with Crippen molar-refractivity contribution < 1.29 is 14.7 Å². The number of nitrogens with zero attached hydrogens (tertiary/aromatic N) is 4. The topological polar surface area (TPSA) is 109 Å². The molecule has 38 heavy (non-hydrogen) atoms. The first-order valence-electron chi connectivity index (χ1n) is 11.9. The number of para-hydroxylation sites is 2. The number of carboxylic acids is 1. The van der Waals surface area contributed by atoms with Crippen molar-refractivity contribution in [2.75, 3.05) is 5.32 Å². The van der Waals surface area contributed by atoms with Crippen LogP contribution in [0.5, 0.6) is 0 Å². The molecule has 3 aromatic heterocycles. The van der Waals surface area contributed by atoms with E-state index in [4.69, 9.17) is 15.1 Å². The number of carboxylic acid groups (broad SMARTS) is 1. The molecule has 0 saturated heterocycles. The molecular weight excluding hydrogens is 498 g/mol. The number of hydrogen-bond acceptors (Lipinski definition) is 7. The van der Waals surface area contributed by atoms with Crippen LogP contribution in [0, 0.1) is 6.92 Å². The van der Waals surface area contributed by atoms with Crippen LogP contribution < -0.4 is 5.32 Å². The summed E-state index contributed by atoms with van der Waals surface area (Å²) in [5.74, 6) is -0.800. The Morgan fingerprint density at radius 2 is 1.63 bits per heavy atom. The molecule has 9 heteroatoms. The number of carbonyl (C=O) groups is 2. The van der Waals surface area contributed by atoms with Gasteiger partial charge in [-0.05, 0) is 44.2 Å². The van der Waals surface area contributed by atoms with Gasteiger partial charge in [0.25, 0.3) is 0 Å². The van der Waals surface area contributed by atoms with E-state index in [2.05, 4.69) is 5.32 Å². The number of rotatable bonds is 6. The van der Waals surface area contributed by atoms with E-state index in [0.29, 0.717) is 44.6 Å². The zero-order valence-corrected chi connectivity index (χ0v) is 21.3. The molecule has 0 bridgehead atoms. The molecule has 0 aliphatic rings. The first-order chi connectivity index (χ1) is 18.4. The summed E-state index contributed by atoms with van der Waals surface area (Å²) in [5.41, 5.74) is 4.43. The second-order valence-corrected chi connectivity index (χ2v) is 9.80. The van der Waals surface area contributed by atoms with Crippen molar-refractivity contribution >= 4 is 50.5 Å². The molecule has 0 aliphatic heterocycles. The number of thiazole rings is 1. The van der Waals surface area contributed by atoms with Crippen LogP contribution in [-0.4, -0.2) is 36.4 Å². The fourth-order valence-electron chi connectivity index (χ4n) is 4.60. The van der Waals surface area contributed by atoms with Gasteiger partial charge in [0.15, 0.2) is 17.2 Å². The number of fused-ring (bicyclic) bond motifs is 2.